The van der Waals surface area contributed by atoms with E-state index >= 15 is 0 Å². The average Bonchev–Trinajstić information content (AvgIpc) is 2.87. The average molecular weight is 333 g/mol. The number of likely N-dealkylation sites (tertiary alicyclic amines) is 1. The van der Waals surface area contributed by atoms with Crippen LogP contribution in [0.2, 0.25) is 0 Å². The fourth-order valence-corrected chi connectivity index (χ4v) is 4.36. The molecule has 3 atom stereocenters. The van der Waals surface area contributed by atoms with Gasteiger partial charge in [-0.15, -0.1) is 11.3 Å². The molecule has 3 rings (SSSR count). The molecule has 23 heavy (non-hydrogen) atoms. The lowest BCUT2D eigenvalue weighted by Crippen LogP contribution is -2.40. The van der Waals surface area contributed by atoms with Gasteiger partial charge in [0.1, 0.15) is 0 Å². The highest BCUT2D eigenvalue weighted by molar-refractivity contribution is 7.18. The van der Waals surface area contributed by atoms with Gasteiger partial charge in [-0.25, -0.2) is 9.78 Å². The summed E-state index contributed by atoms with van der Waals surface area (Å²) < 4.78 is 1.13. The largest absolute Gasteiger partial charge is 0.465 e. The number of rotatable bonds is 3. The topological polar surface area (TPSA) is 79.5 Å². The van der Waals surface area contributed by atoms with E-state index in [0.717, 1.165) is 40.1 Å². The Labute approximate surface area is 140 Å². The van der Waals surface area contributed by atoms with Gasteiger partial charge in [-0.3, -0.25) is 0 Å². The molecule has 1 saturated heterocycles. The van der Waals surface area contributed by atoms with Crippen molar-refractivity contribution < 1.29 is 9.90 Å². The molecular formula is C17H23N3O2S. The van der Waals surface area contributed by atoms with Crippen molar-refractivity contribution in [1.29, 1.82) is 0 Å². The zero-order valence-electron chi connectivity index (χ0n) is 13.5. The van der Waals surface area contributed by atoms with Crippen LogP contribution in [-0.2, 0) is 6.42 Å². The zero-order chi connectivity index (χ0) is 16.6. The Bertz CT molecular complexity index is 713. The SMILES string of the molecule is CC(N)Cc1nc2cc(C3CCC(C)CN3C(=O)O)ccc2s1. The Morgan fingerprint density at radius 1 is 1.52 bits per heavy atom. The summed E-state index contributed by atoms with van der Waals surface area (Å²) in [4.78, 5) is 17.8. The second kappa shape index (κ2) is 6.45. The molecular weight excluding hydrogens is 310 g/mol. The van der Waals surface area contributed by atoms with Gasteiger partial charge >= 0.3 is 6.09 Å². The monoisotopic (exact) mass is 333 g/mol. The van der Waals surface area contributed by atoms with Crippen LogP contribution < -0.4 is 5.73 Å². The van der Waals surface area contributed by atoms with Crippen molar-refractivity contribution in [3.63, 3.8) is 0 Å². The fourth-order valence-electron chi connectivity index (χ4n) is 3.27. The summed E-state index contributed by atoms with van der Waals surface area (Å²) >= 11 is 1.67. The number of piperidine rings is 1. The Hall–Kier alpha value is -1.66. The first-order valence-corrected chi connectivity index (χ1v) is 8.90. The molecule has 124 valence electrons. The smallest absolute Gasteiger partial charge is 0.407 e. The number of benzene rings is 1. The van der Waals surface area contributed by atoms with E-state index in [1.54, 1.807) is 16.2 Å². The standard InChI is InChI=1S/C17H23N3O2S/c1-10-3-5-14(20(9-10)17(21)22)12-4-6-15-13(8-12)19-16(23-15)7-11(2)18/h4,6,8,10-11,14H,3,5,7,9,18H2,1-2H3,(H,21,22). The zero-order valence-corrected chi connectivity index (χ0v) is 14.3. The maximum absolute atomic E-state index is 11.6. The molecule has 2 aromatic rings. The van der Waals surface area contributed by atoms with Crippen LogP contribution in [0.3, 0.4) is 0 Å². The van der Waals surface area contributed by atoms with E-state index in [2.05, 4.69) is 18.0 Å². The normalized spacial score (nSPS) is 23.2. The van der Waals surface area contributed by atoms with Crippen molar-refractivity contribution in [2.75, 3.05) is 6.54 Å². The van der Waals surface area contributed by atoms with Crippen LogP contribution in [0.1, 0.15) is 43.3 Å². The molecule has 5 nitrogen and oxygen atoms in total. The molecule has 0 aliphatic carbocycles. The van der Waals surface area contributed by atoms with Gasteiger partial charge in [-0.1, -0.05) is 13.0 Å². The molecule has 0 spiro atoms. The van der Waals surface area contributed by atoms with Gasteiger partial charge in [-0.05, 0) is 43.4 Å². The van der Waals surface area contributed by atoms with Crippen molar-refractivity contribution in [3.8, 4) is 0 Å². The fraction of sp³-hybridized carbons (Fsp3) is 0.529. The maximum atomic E-state index is 11.6. The van der Waals surface area contributed by atoms with E-state index in [1.165, 1.54) is 0 Å². The van der Waals surface area contributed by atoms with E-state index in [0.29, 0.717) is 12.5 Å². The Morgan fingerprint density at radius 3 is 3.00 bits per heavy atom. The van der Waals surface area contributed by atoms with Gasteiger partial charge < -0.3 is 15.7 Å². The van der Waals surface area contributed by atoms with Crippen LogP contribution in [0.15, 0.2) is 18.2 Å². The van der Waals surface area contributed by atoms with E-state index in [4.69, 9.17) is 5.73 Å². The number of aromatic nitrogens is 1. The molecule has 1 amide bonds. The first-order chi connectivity index (χ1) is 10.9. The van der Waals surface area contributed by atoms with Crippen molar-refractivity contribution in [2.45, 2.75) is 45.2 Å². The second-order valence-electron chi connectivity index (χ2n) is 6.65. The molecule has 3 N–H and O–H groups in total. The lowest BCUT2D eigenvalue weighted by atomic mass is 9.90. The second-order valence-corrected chi connectivity index (χ2v) is 7.76. The summed E-state index contributed by atoms with van der Waals surface area (Å²) in [5, 5.41) is 10.5. The maximum Gasteiger partial charge on any atom is 0.407 e. The minimum Gasteiger partial charge on any atom is -0.465 e. The predicted octanol–water partition coefficient (Wildman–Crippen LogP) is 3.64. The van der Waals surface area contributed by atoms with Gasteiger partial charge in [0.15, 0.2) is 0 Å². The summed E-state index contributed by atoms with van der Waals surface area (Å²) in [6, 6.07) is 6.19. The minimum atomic E-state index is -0.836. The summed E-state index contributed by atoms with van der Waals surface area (Å²) in [5.74, 6) is 0.419. The van der Waals surface area contributed by atoms with Crippen molar-refractivity contribution in [1.82, 2.24) is 9.88 Å². The van der Waals surface area contributed by atoms with Crippen molar-refractivity contribution in [2.24, 2.45) is 11.7 Å². The number of nitrogens with two attached hydrogens (primary N) is 1. The van der Waals surface area contributed by atoms with Crippen molar-refractivity contribution >= 4 is 27.6 Å². The molecule has 1 aliphatic rings. The van der Waals surface area contributed by atoms with Crippen LogP contribution in [0, 0.1) is 5.92 Å². The summed E-state index contributed by atoms with van der Waals surface area (Å²) in [6.07, 6.45) is 1.86. The van der Waals surface area contributed by atoms with Gasteiger partial charge in [-0.2, -0.15) is 0 Å². The van der Waals surface area contributed by atoms with Crippen LogP contribution in [0.4, 0.5) is 4.79 Å². The number of fused-ring (bicyclic) bond motifs is 1. The number of hydrogen-bond donors (Lipinski definition) is 2. The van der Waals surface area contributed by atoms with Gasteiger partial charge in [0.2, 0.25) is 0 Å². The molecule has 0 bridgehead atoms. The van der Waals surface area contributed by atoms with E-state index in [1.807, 2.05) is 19.1 Å². The van der Waals surface area contributed by atoms with Gasteiger partial charge in [0.25, 0.3) is 0 Å². The summed E-state index contributed by atoms with van der Waals surface area (Å²) in [6.45, 7) is 4.69. The molecule has 6 heteroatoms. The molecule has 0 radical (unpaired) electrons. The number of carboxylic acid groups (broad SMARTS) is 1. The molecule has 3 unspecified atom stereocenters. The van der Waals surface area contributed by atoms with E-state index in [9.17, 15) is 9.90 Å². The summed E-state index contributed by atoms with van der Waals surface area (Å²) in [7, 11) is 0. The van der Waals surface area contributed by atoms with Crippen LogP contribution >= 0.6 is 11.3 Å². The third-order valence-corrected chi connectivity index (χ3v) is 5.46. The molecule has 1 fully saturated rings. The first-order valence-electron chi connectivity index (χ1n) is 8.08. The number of hydrogen-bond acceptors (Lipinski definition) is 4. The minimum absolute atomic E-state index is 0.0633. The first kappa shape index (κ1) is 16.2. The third kappa shape index (κ3) is 3.48. The molecule has 0 saturated carbocycles. The van der Waals surface area contributed by atoms with Crippen LogP contribution in [0.25, 0.3) is 10.2 Å². The molecule has 1 aromatic carbocycles. The highest BCUT2D eigenvalue weighted by atomic mass is 32.1. The quantitative estimate of drug-likeness (QED) is 0.899. The molecule has 2 heterocycles. The lowest BCUT2D eigenvalue weighted by molar-refractivity contribution is 0.0900. The van der Waals surface area contributed by atoms with Gasteiger partial charge in [0, 0.05) is 19.0 Å². The highest BCUT2D eigenvalue weighted by Gasteiger charge is 2.31. The number of carbonyl (C=O) groups is 1. The number of nitrogens with zero attached hydrogens (tertiary/aromatic N) is 2. The molecule has 1 aliphatic heterocycles. The summed E-state index contributed by atoms with van der Waals surface area (Å²) in [5.41, 5.74) is 7.85. The molecule has 1 aromatic heterocycles. The predicted molar refractivity (Wildman–Crippen MR) is 92.8 cm³/mol. The Balaban J connectivity index is 1.91. The lowest BCUT2D eigenvalue weighted by Gasteiger charge is -2.37. The Kier molecular flexibility index (Phi) is 4.55. The number of thiazole rings is 1. The van der Waals surface area contributed by atoms with Crippen LogP contribution in [-0.4, -0.2) is 33.7 Å². The van der Waals surface area contributed by atoms with Crippen LogP contribution in [0.5, 0.6) is 0 Å². The highest BCUT2D eigenvalue weighted by Crippen LogP contribution is 2.35. The number of amides is 1. The van der Waals surface area contributed by atoms with E-state index in [-0.39, 0.29) is 12.1 Å². The third-order valence-electron chi connectivity index (χ3n) is 4.40. The Morgan fingerprint density at radius 2 is 2.30 bits per heavy atom. The van der Waals surface area contributed by atoms with Gasteiger partial charge in [0.05, 0.1) is 21.3 Å². The van der Waals surface area contributed by atoms with E-state index < -0.39 is 6.09 Å². The van der Waals surface area contributed by atoms with Crippen molar-refractivity contribution in [3.05, 3.63) is 28.8 Å².